The van der Waals surface area contributed by atoms with Gasteiger partial charge in [0.1, 0.15) is 0 Å². The number of allylic oxidation sites excluding steroid dienone is 1. The average Bonchev–Trinajstić information content (AvgIpc) is 1.83. The van der Waals surface area contributed by atoms with E-state index < -0.39 is 0 Å². The molecule has 0 spiro atoms. The van der Waals surface area contributed by atoms with Gasteiger partial charge < -0.3 is 5.11 Å². The number of aliphatic hydroxyl groups is 1. The first-order valence-electron chi connectivity index (χ1n) is 3.08. The van der Waals surface area contributed by atoms with Crippen LogP contribution in [-0.2, 0) is 0 Å². The summed E-state index contributed by atoms with van der Waals surface area (Å²) in [6.45, 7) is 4.34. The first kappa shape index (κ1) is 7.70. The fourth-order valence-corrected chi connectivity index (χ4v) is 0.429. The van der Waals surface area contributed by atoms with Crippen LogP contribution in [0, 0.1) is 5.92 Å². The molecular weight excluding hydrogens is 100 g/mol. The second-order valence-corrected chi connectivity index (χ2v) is 2.00. The Labute approximate surface area is 51.0 Å². The molecule has 0 aromatic carbocycles. The zero-order chi connectivity index (χ0) is 6.41. The number of hydrogen-bond acceptors (Lipinski definition) is 1. The van der Waals surface area contributed by atoms with E-state index in [1.165, 1.54) is 0 Å². The molecule has 0 rings (SSSR count). The van der Waals surface area contributed by atoms with Gasteiger partial charge in [0.05, 0.1) is 0 Å². The maximum atomic E-state index is 8.51. The highest BCUT2D eigenvalue weighted by atomic mass is 16.3. The molecule has 0 saturated heterocycles. The van der Waals surface area contributed by atoms with Crippen molar-refractivity contribution in [2.24, 2.45) is 5.92 Å². The topological polar surface area (TPSA) is 20.2 Å². The Morgan fingerprint density at radius 2 is 2.25 bits per heavy atom. The molecule has 0 aromatic heterocycles. The summed E-state index contributed by atoms with van der Waals surface area (Å²) in [7, 11) is 0. The molecule has 48 valence electrons. The third-order valence-electron chi connectivity index (χ3n) is 0.988. The summed E-state index contributed by atoms with van der Waals surface area (Å²) in [6.07, 6.45) is 5.16. The molecule has 0 amide bonds. The quantitative estimate of drug-likeness (QED) is 0.552. The molecule has 0 heterocycles. The lowest BCUT2D eigenvalue weighted by Gasteiger charge is -1.96. The van der Waals surface area contributed by atoms with E-state index in [9.17, 15) is 0 Å². The van der Waals surface area contributed by atoms with Crippen LogP contribution < -0.4 is 0 Å². The van der Waals surface area contributed by atoms with Crippen molar-refractivity contribution >= 4 is 0 Å². The van der Waals surface area contributed by atoms with E-state index in [0.29, 0.717) is 5.92 Å². The monoisotopic (exact) mass is 114 g/mol. The summed E-state index contributed by atoms with van der Waals surface area (Å²) in [5, 5.41) is 8.51. The molecule has 0 unspecified atom stereocenters. The first-order chi connectivity index (χ1) is 3.81. The van der Waals surface area contributed by atoms with E-state index in [1.54, 1.807) is 0 Å². The Morgan fingerprint density at radius 1 is 1.62 bits per heavy atom. The Morgan fingerprint density at radius 3 is 2.62 bits per heavy atom. The zero-order valence-corrected chi connectivity index (χ0v) is 5.59. The maximum absolute atomic E-state index is 8.51. The van der Waals surface area contributed by atoms with Crippen molar-refractivity contribution in [3.63, 3.8) is 0 Å². The number of aliphatic hydroxyl groups excluding tert-OH is 1. The van der Waals surface area contributed by atoms with Gasteiger partial charge in [0.2, 0.25) is 0 Å². The van der Waals surface area contributed by atoms with E-state index in [-0.39, 0.29) is 6.61 Å². The largest absolute Gasteiger partial charge is 0.396 e. The average molecular weight is 114 g/mol. The summed E-state index contributed by atoms with van der Waals surface area (Å²) in [6, 6.07) is 0. The van der Waals surface area contributed by atoms with Crippen LogP contribution in [0.15, 0.2) is 12.2 Å². The van der Waals surface area contributed by atoms with Crippen LogP contribution >= 0.6 is 0 Å². The van der Waals surface area contributed by atoms with Crippen LogP contribution in [0.5, 0.6) is 0 Å². The van der Waals surface area contributed by atoms with Crippen molar-refractivity contribution in [3.8, 4) is 0 Å². The second kappa shape index (κ2) is 4.85. The minimum atomic E-state index is 0.260. The molecule has 1 heteroatoms. The van der Waals surface area contributed by atoms with Crippen molar-refractivity contribution in [2.75, 3.05) is 6.61 Å². The van der Waals surface area contributed by atoms with Gasteiger partial charge in [0.15, 0.2) is 0 Å². The van der Waals surface area contributed by atoms with Crippen LogP contribution in [0.2, 0.25) is 0 Å². The molecule has 8 heavy (non-hydrogen) atoms. The lowest BCUT2D eigenvalue weighted by atomic mass is 10.2. The SMILES string of the molecule is CC/C=C\[C@@H](C)CO. The van der Waals surface area contributed by atoms with Crippen LogP contribution in [0.1, 0.15) is 20.3 Å². The summed E-state index contributed by atoms with van der Waals surface area (Å²) in [5.41, 5.74) is 0. The van der Waals surface area contributed by atoms with Gasteiger partial charge in [0, 0.05) is 6.61 Å². The zero-order valence-electron chi connectivity index (χ0n) is 5.59. The Hall–Kier alpha value is -0.300. The molecule has 0 radical (unpaired) electrons. The van der Waals surface area contributed by atoms with Gasteiger partial charge >= 0.3 is 0 Å². The molecule has 1 atom stereocenters. The van der Waals surface area contributed by atoms with E-state index in [2.05, 4.69) is 13.0 Å². The summed E-state index contributed by atoms with van der Waals surface area (Å²) in [5.74, 6) is 0.329. The van der Waals surface area contributed by atoms with Crippen LogP contribution in [0.3, 0.4) is 0 Å². The van der Waals surface area contributed by atoms with Gasteiger partial charge in [-0.05, 0) is 12.3 Å². The summed E-state index contributed by atoms with van der Waals surface area (Å²) >= 11 is 0. The van der Waals surface area contributed by atoms with Crippen molar-refractivity contribution in [3.05, 3.63) is 12.2 Å². The third-order valence-corrected chi connectivity index (χ3v) is 0.988. The molecule has 0 aliphatic heterocycles. The van der Waals surface area contributed by atoms with Crippen LogP contribution in [-0.4, -0.2) is 11.7 Å². The molecule has 1 N–H and O–H groups in total. The Bertz CT molecular complexity index is 66.8. The van der Waals surface area contributed by atoms with Crippen molar-refractivity contribution in [1.29, 1.82) is 0 Å². The molecular formula is C7H14O. The number of hydrogen-bond donors (Lipinski definition) is 1. The molecule has 0 aromatic rings. The van der Waals surface area contributed by atoms with E-state index in [1.807, 2.05) is 13.0 Å². The molecule has 0 saturated carbocycles. The van der Waals surface area contributed by atoms with Gasteiger partial charge in [-0.1, -0.05) is 26.0 Å². The summed E-state index contributed by atoms with van der Waals surface area (Å²) in [4.78, 5) is 0. The highest BCUT2D eigenvalue weighted by Gasteiger charge is 1.88. The normalized spacial score (nSPS) is 14.9. The summed E-state index contributed by atoms with van der Waals surface area (Å²) < 4.78 is 0. The van der Waals surface area contributed by atoms with Gasteiger partial charge in [0.25, 0.3) is 0 Å². The Balaban J connectivity index is 3.21. The van der Waals surface area contributed by atoms with E-state index in [0.717, 1.165) is 6.42 Å². The highest BCUT2D eigenvalue weighted by Crippen LogP contribution is 1.94. The maximum Gasteiger partial charge on any atom is 0.0491 e. The molecule has 0 aliphatic carbocycles. The standard InChI is InChI=1S/C7H14O/c1-3-4-5-7(2)6-8/h4-5,7-8H,3,6H2,1-2H3/b5-4-/t7-/m1/s1. The van der Waals surface area contributed by atoms with Crippen LogP contribution in [0.25, 0.3) is 0 Å². The fourth-order valence-electron chi connectivity index (χ4n) is 0.429. The van der Waals surface area contributed by atoms with Crippen LogP contribution in [0.4, 0.5) is 0 Å². The lowest BCUT2D eigenvalue weighted by molar-refractivity contribution is 0.262. The lowest BCUT2D eigenvalue weighted by Crippen LogP contribution is -1.94. The van der Waals surface area contributed by atoms with Crippen molar-refractivity contribution in [2.45, 2.75) is 20.3 Å². The molecule has 1 nitrogen and oxygen atoms in total. The van der Waals surface area contributed by atoms with Gasteiger partial charge in [-0.15, -0.1) is 0 Å². The van der Waals surface area contributed by atoms with Crippen molar-refractivity contribution in [1.82, 2.24) is 0 Å². The van der Waals surface area contributed by atoms with Gasteiger partial charge in [-0.2, -0.15) is 0 Å². The molecule has 0 bridgehead atoms. The van der Waals surface area contributed by atoms with Crippen molar-refractivity contribution < 1.29 is 5.11 Å². The molecule has 0 fully saturated rings. The predicted octanol–water partition coefficient (Wildman–Crippen LogP) is 1.58. The smallest absolute Gasteiger partial charge is 0.0491 e. The minimum Gasteiger partial charge on any atom is -0.396 e. The van der Waals surface area contributed by atoms with Gasteiger partial charge in [-0.25, -0.2) is 0 Å². The fraction of sp³-hybridized carbons (Fsp3) is 0.714. The highest BCUT2D eigenvalue weighted by molar-refractivity contribution is 4.84. The van der Waals surface area contributed by atoms with E-state index >= 15 is 0 Å². The minimum absolute atomic E-state index is 0.260. The Kier molecular flexibility index (Phi) is 4.67. The first-order valence-corrected chi connectivity index (χ1v) is 3.08. The van der Waals surface area contributed by atoms with Gasteiger partial charge in [-0.3, -0.25) is 0 Å². The molecule has 0 aliphatic rings. The van der Waals surface area contributed by atoms with E-state index in [4.69, 9.17) is 5.11 Å². The predicted molar refractivity (Wildman–Crippen MR) is 35.7 cm³/mol. The number of rotatable bonds is 3. The third kappa shape index (κ3) is 3.88. The second-order valence-electron chi connectivity index (χ2n) is 2.00.